The molecule has 1 fully saturated rings. The minimum Gasteiger partial charge on any atom is -0.454 e. The quantitative estimate of drug-likeness (QED) is 0.819. The lowest BCUT2D eigenvalue weighted by atomic mass is 9.98. The van der Waals surface area contributed by atoms with Crippen LogP contribution in [0.25, 0.3) is 0 Å². The van der Waals surface area contributed by atoms with Crippen LogP contribution in [0.2, 0.25) is 0 Å². The maximum absolute atomic E-state index is 12.6. The van der Waals surface area contributed by atoms with E-state index in [1.165, 1.54) is 6.07 Å². The van der Waals surface area contributed by atoms with E-state index in [1.54, 1.807) is 4.90 Å². The van der Waals surface area contributed by atoms with E-state index in [4.69, 9.17) is 9.47 Å². The van der Waals surface area contributed by atoms with Crippen LogP contribution in [0, 0.1) is 0 Å². The second-order valence-electron chi connectivity index (χ2n) is 6.28. The van der Waals surface area contributed by atoms with Crippen molar-refractivity contribution in [1.29, 1.82) is 0 Å². The zero-order valence-electron chi connectivity index (χ0n) is 13.6. The van der Waals surface area contributed by atoms with Gasteiger partial charge in [-0.3, -0.25) is 9.78 Å². The van der Waals surface area contributed by atoms with Crippen molar-refractivity contribution in [3.8, 4) is 11.5 Å². The van der Waals surface area contributed by atoms with Crippen molar-refractivity contribution in [2.45, 2.75) is 18.5 Å². The predicted molar refractivity (Wildman–Crippen MR) is 85.1 cm³/mol. The molecule has 1 amide bonds. The van der Waals surface area contributed by atoms with Gasteiger partial charge in [0.1, 0.15) is 5.69 Å². The van der Waals surface area contributed by atoms with Crippen molar-refractivity contribution >= 4 is 5.91 Å². The monoisotopic (exact) mass is 364 g/mol. The summed E-state index contributed by atoms with van der Waals surface area (Å²) >= 11 is 0. The maximum atomic E-state index is 12.6. The first-order chi connectivity index (χ1) is 12.4. The number of likely N-dealkylation sites (tertiary alicyclic amines) is 1. The highest BCUT2D eigenvalue weighted by Crippen LogP contribution is 2.37. The number of nitrogens with zero attached hydrogens (tertiary/aromatic N) is 2. The smallest absolute Gasteiger partial charge is 0.433 e. The number of carbonyl (C=O) groups excluding carboxylic acids is 1. The highest BCUT2D eigenvalue weighted by atomic mass is 19.4. The van der Waals surface area contributed by atoms with E-state index >= 15 is 0 Å². The van der Waals surface area contributed by atoms with Crippen LogP contribution in [-0.4, -0.2) is 35.7 Å². The summed E-state index contributed by atoms with van der Waals surface area (Å²) in [6, 6.07) is 7.72. The zero-order chi connectivity index (χ0) is 18.3. The minimum absolute atomic E-state index is 0.149. The van der Waals surface area contributed by atoms with Crippen molar-refractivity contribution < 1.29 is 27.4 Å². The Balaban J connectivity index is 1.45. The van der Waals surface area contributed by atoms with Crippen LogP contribution < -0.4 is 9.47 Å². The number of benzene rings is 1. The molecule has 1 saturated heterocycles. The van der Waals surface area contributed by atoms with Crippen LogP contribution in [0.1, 0.15) is 34.0 Å². The topological polar surface area (TPSA) is 51.7 Å². The lowest BCUT2D eigenvalue weighted by molar-refractivity contribution is -0.141. The Morgan fingerprint density at radius 2 is 1.96 bits per heavy atom. The lowest BCUT2D eigenvalue weighted by Gasteiger charge is -2.17. The first-order valence-electron chi connectivity index (χ1n) is 8.14. The molecule has 8 heteroatoms. The van der Waals surface area contributed by atoms with Crippen LogP contribution >= 0.6 is 0 Å². The third kappa shape index (κ3) is 3.07. The summed E-state index contributed by atoms with van der Waals surface area (Å²) in [5.74, 6) is 1.24. The van der Waals surface area contributed by atoms with Gasteiger partial charge in [-0.05, 0) is 36.2 Å². The number of fused-ring (bicyclic) bond motifs is 1. The third-order valence-corrected chi connectivity index (χ3v) is 4.64. The van der Waals surface area contributed by atoms with Crippen LogP contribution in [0.4, 0.5) is 13.2 Å². The predicted octanol–water partition coefficient (Wildman–Crippen LogP) is 3.46. The largest absolute Gasteiger partial charge is 0.454 e. The zero-order valence-corrected chi connectivity index (χ0v) is 13.6. The Morgan fingerprint density at radius 1 is 1.15 bits per heavy atom. The molecule has 3 heterocycles. The minimum atomic E-state index is -4.51. The van der Waals surface area contributed by atoms with Crippen molar-refractivity contribution in [2.24, 2.45) is 0 Å². The van der Waals surface area contributed by atoms with Crippen molar-refractivity contribution in [3.63, 3.8) is 0 Å². The summed E-state index contributed by atoms with van der Waals surface area (Å²) < 4.78 is 48.4. The molecular weight excluding hydrogens is 349 g/mol. The Hall–Kier alpha value is -2.77. The van der Waals surface area contributed by atoms with Gasteiger partial charge >= 0.3 is 6.18 Å². The number of hydrogen-bond donors (Lipinski definition) is 0. The average molecular weight is 364 g/mol. The van der Waals surface area contributed by atoms with E-state index in [0.717, 1.165) is 24.2 Å². The van der Waals surface area contributed by atoms with Gasteiger partial charge in [0.15, 0.2) is 11.5 Å². The summed E-state index contributed by atoms with van der Waals surface area (Å²) in [6.45, 7) is 1.24. The number of amides is 1. The fraction of sp³-hybridized carbons (Fsp3) is 0.333. The second kappa shape index (κ2) is 6.19. The molecular formula is C18H15F3N2O3. The van der Waals surface area contributed by atoms with Gasteiger partial charge in [-0.15, -0.1) is 0 Å². The van der Waals surface area contributed by atoms with Crippen LogP contribution in [-0.2, 0) is 6.18 Å². The number of hydrogen-bond acceptors (Lipinski definition) is 4. The van der Waals surface area contributed by atoms with Gasteiger partial charge in [-0.1, -0.05) is 6.07 Å². The number of aromatic nitrogens is 1. The highest BCUT2D eigenvalue weighted by Gasteiger charge is 2.33. The molecule has 26 heavy (non-hydrogen) atoms. The molecule has 0 aliphatic carbocycles. The number of carbonyl (C=O) groups is 1. The molecule has 0 radical (unpaired) electrons. The molecule has 5 nitrogen and oxygen atoms in total. The molecule has 1 aromatic carbocycles. The van der Waals surface area contributed by atoms with Gasteiger partial charge in [0.25, 0.3) is 5.91 Å². The van der Waals surface area contributed by atoms with E-state index in [1.807, 2.05) is 18.2 Å². The van der Waals surface area contributed by atoms with Crippen molar-refractivity contribution in [2.75, 3.05) is 19.9 Å². The fourth-order valence-corrected chi connectivity index (χ4v) is 3.25. The van der Waals surface area contributed by atoms with E-state index in [-0.39, 0.29) is 24.2 Å². The lowest BCUT2D eigenvalue weighted by Crippen LogP contribution is -2.28. The average Bonchev–Trinajstić information content (AvgIpc) is 3.29. The molecule has 0 unspecified atom stereocenters. The van der Waals surface area contributed by atoms with Gasteiger partial charge in [0.2, 0.25) is 6.79 Å². The van der Waals surface area contributed by atoms with Crippen LogP contribution in [0.15, 0.2) is 36.5 Å². The number of halogens is 3. The van der Waals surface area contributed by atoms with Crippen molar-refractivity contribution in [3.05, 3.63) is 53.3 Å². The molecule has 0 saturated carbocycles. The van der Waals surface area contributed by atoms with Gasteiger partial charge in [0.05, 0.1) is 5.56 Å². The molecule has 0 bridgehead atoms. The Kier molecular flexibility index (Phi) is 3.97. The standard InChI is InChI=1S/C18H15F3N2O3/c19-18(20,21)16-4-2-12(8-22-16)17(24)23-6-5-13(9-23)11-1-3-14-15(7-11)26-10-25-14/h1-4,7-8,13H,5-6,9-10H2/t13-/m1/s1. The molecule has 1 atom stereocenters. The second-order valence-corrected chi connectivity index (χ2v) is 6.28. The van der Waals surface area contributed by atoms with Gasteiger partial charge in [-0.2, -0.15) is 13.2 Å². The van der Waals surface area contributed by atoms with E-state index < -0.39 is 11.9 Å². The number of pyridine rings is 1. The Morgan fingerprint density at radius 3 is 2.69 bits per heavy atom. The molecule has 1 aromatic heterocycles. The third-order valence-electron chi connectivity index (χ3n) is 4.64. The Bertz CT molecular complexity index is 837. The SMILES string of the molecule is O=C(c1ccc(C(F)(F)F)nc1)N1CC[C@@H](c2ccc3c(c2)OCO3)C1. The molecule has 2 aliphatic rings. The summed E-state index contributed by atoms with van der Waals surface area (Å²) in [7, 11) is 0. The van der Waals surface area contributed by atoms with Crippen LogP contribution in [0.5, 0.6) is 11.5 Å². The van der Waals surface area contributed by atoms with E-state index in [0.29, 0.717) is 24.6 Å². The normalized spacial score (nSPS) is 19.0. The summed E-state index contributed by atoms with van der Waals surface area (Å²) in [6.07, 6.45) is -2.75. The number of alkyl halides is 3. The summed E-state index contributed by atoms with van der Waals surface area (Å²) in [4.78, 5) is 17.5. The summed E-state index contributed by atoms with van der Waals surface area (Å²) in [5.41, 5.74) is 0.202. The molecule has 4 rings (SSSR count). The van der Waals surface area contributed by atoms with Crippen LogP contribution in [0.3, 0.4) is 0 Å². The maximum Gasteiger partial charge on any atom is 0.433 e. The first-order valence-corrected chi connectivity index (χ1v) is 8.14. The molecule has 2 aromatic rings. The molecule has 0 spiro atoms. The van der Waals surface area contributed by atoms with Gasteiger partial charge < -0.3 is 14.4 Å². The molecule has 0 N–H and O–H groups in total. The first kappa shape index (κ1) is 16.7. The Labute approximate surface area is 147 Å². The van der Waals surface area contributed by atoms with E-state index in [2.05, 4.69) is 4.98 Å². The summed E-state index contributed by atoms with van der Waals surface area (Å²) in [5, 5.41) is 0. The fourth-order valence-electron chi connectivity index (χ4n) is 3.25. The van der Waals surface area contributed by atoms with Crippen molar-refractivity contribution in [1.82, 2.24) is 9.88 Å². The van der Waals surface area contributed by atoms with E-state index in [9.17, 15) is 18.0 Å². The van der Waals surface area contributed by atoms with Gasteiger partial charge in [-0.25, -0.2) is 0 Å². The molecule has 2 aliphatic heterocycles. The molecule has 136 valence electrons. The number of ether oxygens (including phenoxy) is 2. The number of rotatable bonds is 2. The van der Waals surface area contributed by atoms with Gasteiger partial charge in [0, 0.05) is 25.2 Å². The highest BCUT2D eigenvalue weighted by molar-refractivity contribution is 5.94.